The Kier molecular flexibility index (Phi) is 7.63. The number of sulfonamides is 1. The number of amides is 1. The quantitative estimate of drug-likeness (QED) is 0.605. The number of benzene rings is 2. The second kappa shape index (κ2) is 9.94. The topological polar surface area (TPSA) is 93.7 Å². The van der Waals surface area contributed by atoms with Gasteiger partial charge in [0, 0.05) is 19.3 Å². The van der Waals surface area contributed by atoms with E-state index in [0.717, 1.165) is 5.56 Å². The molecule has 0 heterocycles. The highest BCUT2D eigenvalue weighted by Gasteiger charge is 2.14. The molecule has 0 fully saturated rings. The van der Waals surface area contributed by atoms with E-state index in [9.17, 15) is 13.2 Å². The fraction of sp³-hybridized carbons (Fsp3) is 0.316. The molecule has 146 valence electrons. The fourth-order valence-corrected chi connectivity index (χ4v) is 3.39. The molecule has 0 saturated heterocycles. The molecular formula is C19H24N2O5S. The third kappa shape index (κ3) is 6.58. The van der Waals surface area contributed by atoms with Crippen LogP contribution in [0, 0.1) is 0 Å². The van der Waals surface area contributed by atoms with Gasteiger partial charge < -0.3 is 14.8 Å². The van der Waals surface area contributed by atoms with E-state index in [4.69, 9.17) is 9.47 Å². The summed E-state index contributed by atoms with van der Waals surface area (Å²) in [4.78, 5) is 11.9. The van der Waals surface area contributed by atoms with E-state index in [1.807, 2.05) is 6.92 Å². The van der Waals surface area contributed by atoms with Crippen molar-refractivity contribution in [2.24, 2.45) is 0 Å². The SMILES string of the molecule is CCOc1ccc(S(=O)(=O)Nc2ccc(CC(=O)NCCOC)cc2)cc1. The largest absolute Gasteiger partial charge is 0.494 e. The smallest absolute Gasteiger partial charge is 0.261 e. The van der Waals surface area contributed by atoms with Crippen molar-refractivity contribution < 1.29 is 22.7 Å². The van der Waals surface area contributed by atoms with Crippen LogP contribution in [0.25, 0.3) is 0 Å². The summed E-state index contributed by atoms with van der Waals surface area (Å²) in [6.07, 6.45) is 0.218. The highest BCUT2D eigenvalue weighted by atomic mass is 32.2. The van der Waals surface area contributed by atoms with Gasteiger partial charge in [0.25, 0.3) is 10.0 Å². The van der Waals surface area contributed by atoms with Crippen LogP contribution in [0.5, 0.6) is 5.75 Å². The van der Waals surface area contributed by atoms with Gasteiger partial charge >= 0.3 is 0 Å². The maximum atomic E-state index is 12.5. The monoisotopic (exact) mass is 392 g/mol. The Bertz CT molecular complexity index is 833. The summed E-state index contributed by atoms with van der Waals surface area (Å²) in [6, 6.07) is 12.9. The van der Waals surface area contributed by atoms with E-state index in [1.54, 1.807) is 43.5 Å². The molecule has 0 saturated carbocycles. The van der Waals surface area contributed by atoms with Gasteiger partial charge in [0.1, 0.15) is 5.75 Å². The minimum absolute atomic E-state index is 0.116. The van der Waals surface area contributed by atoms with Crippen molar-refractivity contribution >= 4 is 21.6 Å². The van der Waals surface area contributed by atoms with Crippen LogP contribution in [0.1, 0.15) is 12.5 Å². The Morgan fingerprint density at radius 1 is 1.04 bits per heavy atom. The van der Waals surface area contributed by atoms with Gasteiger partial charge in [0.2, 0.25) is 5.91 Å². The molecule has 0 spiro atoms. The zero-order valence-corrected chi connectivity index (χ0v) is 16.2. The molecule has 0 bridgehead atoms. The average Bonchev–Trinajstić information content (AvgIpc) is 2.64. The lowest BCUT2D eigenvalue weighted by Gasteiger charge is -2.10. The van der Waals surface area contributed by atoms with Crippen molar-refractivity contribution in [2.75, 3.05) is 31.6 Å². The van der Waals surface area contributed by atoms with Crippen molar-refractivity contribution in [2.45, 2.75) is 18.2 Å². The van der Waals surface area contributed by atoms with Gasteiger partial charge in [-0.15, -0.1) is 0 Å². The summed E-state index contributed by atoms with van der Waals surface area (Å²) >= 11 is 0. The average molecular weight is 392 g/mol. The molecule has 7 nitrogen and oxygen atoms in total. The molecule has 0 aliphatic heterocycles. The number of anilines is 1. The first-order chi connectivity index (χ1) is 12.9. The number of hydrogen-bond acceptors (Lipinski definition) is 5. The molecule has 2 aromatic carbocycles. The van der Waals surface area contributed by atoms with Crippen LogP contribution < -0.4 is 14.8 Å². The first-order valence-corrected chi connectivity index (χ1v) is 10.0. The zero-order chi connectivity index (χ0) is 19.7. The second-order valence-electron chi connectivity index (χ2n) is 5.73. The van der Waals surface area contributed by atoms with Crippen molar-refractivity contribution in [3.05, 3.63) is 54.1 Å². The molecule has 2 aromatic rings. The molecule has 0 aromatic heterocycles. The van der Waals surface area contributed by atoms with Crippen LogP contribution in [-0.2, 0) is 26.0 Å². The normalized spacial score (nSPS) is 11.0. The minimum atomic E-state index is -3.69. The van der Waals surface area contributed by atoms with Crippen molar-refractivity contribution in [3.8, 4) is 5.75 Å². The van der Waals surface area contributed by atoms with E-state index >= 15 is 0 Å². The van der Waals surface area contributed by atoms with Crippen LogP contribution in [-0.4, -0.2) is 41.2 Å². The van der Waals surface area contributed by atoms with Crippen LogP contribution in [0.2, 0.25) is 0 Å². The van der Waals surface area contributed by atoms with Crippen LogP contribution >= 0.6 is 0 Å². The van der Waals surface area contributed by atoms with Gasteiger partial charge in [0.05, 0.1) is 24.5 Å². The molecular weight excluding hydrogens is 368 g/mol. The minimum Gasteiger partial charge on any atom is -0.494 e. The lowest BCUT2D eigenvalue weighted by Crippen LogP contribution is -2.28. The Morgan fingerprint density at radius 3 is 2.30 bits per heavy atom. The summed E-state index contributed by atoms with van der Waals surface area (Å²) in [5.74, 6) is 0.499. The van der Waals surface area contributed by atoms with Crippen LogP contribution in [0.15, 0.2) is 53.4 Å². The van der Waals surface area contributed by atoms with Gasteiger partial charge in [-0.3, -0.25) is 9.52 Å². The maximum absolute atomic E-state index is 12.5. The molecule has 0 aliphatic rings. The number of rotatable bonds is 10. The maximum Gasteiger partial charge on any atom is 0.261 e. The molecule has 1 amide bonds. The number of methoxy groups -OCH3 is 1. The summed E-state index contributed by atoms with van der Waals surface area (Å²) in [6.45, 7) is 3.29. The van der Waals surface area contributed by atoms with Crippen LogP contribution in [0.4, 0.5) is 5.69 Å². The van der Waals surface area contributed by atoms with Gasteiger partial charge in [-0.25, -0.2) is 8.42 Å². The summed E-state index contributed by atoms with van der Waals surface area (Å²) in [5, 5.41) is 2.73. The van der Waals surface area contributed by atoms with E-state index in [-0.39, 0.29) is 17.2 Å². The lowest BCUT2D eigenvalue weighted by molar-refractivity contribution is -0.120. The third-order valence-corrected chi connectivity index (χ3v) is 5.04. The highest BCUT2D eigenvalue weighted by Crippen LogP contribution is 2.19. The number of carbonyl (C=O) groups is 1. The van der Waals surface area contributed by atoms with Crippen molar-refractivity contribution in [1.82, 2.24) is 5.32 Å². The van der Waals surface area contributed by atoms with Gasteiger partial charge in [-0.1, -0.05) is 12.1 Å². The van der Waals surface area contributed by atoms with Gasteiger partial charge in [-0.2, -0.15) is 0 Å². The van der Waals surface area contributed by atoms with Crippen LogP contribution in [0.3, 0.4) is 0 Å². The predicted molar refractivity (Wildman–Crippen MR) is 103 cm³/mol. The second-order valence-corrected chi connectivity index (χ2v) is 7.41. The number of nitrogens with one attached hydrogen (secondary N) is 2. The lowest BCUT2D eigenvalue weighted by atomic mass is 10.1. The zero-order valence-electron chi connectivity index (χ0n) is 15.4. The van der Waals surface area contributed by atoms with Gasteiger partial charge in [-0.05, 0) is 48.9 Å². The van der Waals surface area contributed by atoms with E-state index in [0.29, 0.717) is 31.2 Å². The molecule has 0 aliphatic carbocycles. The van der Waals surface area contributed by atoms with E-state index in [1.165, 1.54) is 12.1 Å². The predicted octanol–water partition coefficient (Wildman–Crippen LogP) is 2.19. The fourth-order valence-electron chi connectivity index (χ4n) is 2.33. The summed E-state index contributed by atoms with van der Waals surface area (Å²) in [7, 11) is -2.13. The summed E-state index contributed by atoms with van der Waals surface area (Å²) < 4.78 is 37.6. The van der Waals surface area contributed by atoms with Crippen molar-refractivity contribution in [1.29, 1.82) is 0 Å². The van der Waals surface area contributed by atoms with Gasteiger partial charge in [0.15, 0.2) is 0 Å². The first kappa shape index (κ1) is 20.7. The standard InChI is InChI=1S/C19H24N2O5S/c1-3-26-17-8-10-18(11-9-17)27(23,24)21-16-6-4-15(5-7-16)14-19(22)20-12-13-25-2/h4-11,21H,3,12-14H2,1-2H3,(H,20,22). The first-order valence-electron chi connectivity index (χ1n) is 8.55. The Hall–Kier alpha value is -2.58. The number of carbonyl (C=O) groups excluding carboxylic acids is 1. The molecule has 0 atom stereocenters. The van der Waals surface area contributed by atoms with E-state index < -0.39 is 10.0 Å². The molecule has 0 radical (unpaired) electrons. The Balaban J connectivity index is 1.97. The molecule has 2 N–H and O–H groups in total. The number of ether oxygens (including phenoxy) is 2. The molecule has 0 unspecified atom stereocenters. The molecule has 2 rings (SSSR count). The third-order valence-electron chi connectivity index (χ3n) is 3.64. The Labute approximate surface area is 159 Å². The summed E-state index contributed by atoms with van der Waals surface area (Å²) in [5.41, 5.74) is 1.21. The number of hydrogen-bond donors (Lipinski definition) is 2. The van der Waals surface area contributed by atoms with Crippen molar-refractivity contribution in [3.63, 3.8) is 0 Å². The highest BCUT2D eigenvalue weighted by molar-refractivity contribution is 7.92. The molecule has 8 heteroatoms. The molecule has 27 heavy (non-hydrogen) atoms. The van der Waals surface area contributed by atoms with E-state index in [2.05, 4.69) is 10.0 Å². The Morgan fingerprint density at radius 2 is 1.70 bits per heavy atom.